The van der Waals surface area contributed by atoms with Gasteiger partial charge in [0.15, 0.2) is 0 Å². The molecule has 0 radical (unpaired) electrons. The van der Waals surface area contributed by atoms with E-state index < -0.39 is 18.2 Å². The fourth-order valence-corrected chi connectivity index (χ4v) is 2.12. The lowest BCUT2D eigenvalue weighted by atomic mass is 10.1. The van der Waals surface area contributed by atoms with Crippen LogP contribution in [0.1, 0.15) is 25.7 Å². The van der Waals surface area contributed by atoms with E-state index >= 15 is 0 Å². The first-order valence-corrected chi connectivity index (χ1v) is 9.00. The summed E-state index contributed by atoms with van der Waals surface area (Å²) in [6, 6.07) is 9.33. The third kappa shape index (κ3) is 13.3. The Morgan fingerprint density at radius 3 is 2.37 bits per heavy atom. The third-order valence-corrected chi connectivity index (χ3v) is 3.53. The number of para-hydroxylation sites is 1. The Balaban J connectivity index is 2.14. The summed E-state index contributed by atoms with van der Waals surface area (Å²) < 4.78 is 5.45. The highest BCUT2D eigenvalue weighted by Crippen LogP contribution is 2.08. The largest absolute Gasteiger partial charge is 0.491 e. The summed E-state index contributed by atoms with van der Waals surface area (Å²) in [6.07, 6.45) is 14.8. The average Bonchev–Trinajstić information content (AvgIpc) is 2.65. The van der Waals surface area contributed by atoms with Crippen molar-refractivity contribution in [3.63, 3.8) is 0 Å². The van der Waals surface area contributed by atoms with Crippen molar-refractivity contribution in [1.29, 1.82) is 0 Å². The molecule has 27 heavy (non-hydrogen) atoms. The molecule has 146 valence electrons. The van der Waals surface area contributed by atoms with Gasteiger partial charge in [0.25, 0.3) is 0 Å². The summed E-state index contributed by atoms with van der Waals surface area (Å²) in [7, 11) is 0. The van der Waals surface area contributed by atoms with Crippen LogP contribution in [0.25, 0.3) is 0 Å². The zero-order chi connectivity index (χ0) is 19.7. The minimum atomic E-state index is -0.835. The second-order valence-corrected chi connectivity index (χ2v) is 5.95. The molecule has 1 aromatic rings. The van der Waals surface area contributed by atoms with Gasteiger partial charge in [0.2, 0.25) is 0 Å². The van der Waals surface area contributed by atoms with Crippen LogP contribution in [-0.4, -0.2) is 40.1 Å². The molecule has 0 saturated heterocycles. The molecular formula is C22H28O5. The van der Waals surface area contributed by atoms with Gasteiger partial charge in [0, 0.05) is 6.42 Å². The molecule has 5 heteroatoms. The summed E-state index contributed by atoms with van der Waals surface area (Å²) in [4.78, 5) is 10.4. The molecule has 0 saturated carbocycles. The number of carbonyl (C=O) groups is 1. The van der Waals surface area contributed by atoms with E-state index in [0.29, 0.717) is 19.3 Å². The Bertz CT molecular complexity index is 631. The predicted octanol–water partition coefficient (Wildman–Crippen LogP) is 3.66. The first kappa shape index (κ1) is 22.4. The van der Waals surface area contributed by atoms with Crippen LogP contribution in [0, 0.1) is 0 Å². The van der Waals surface area contributed by atoms with Crippen LogP contribution >= 0.6 is 0 Å². The van der Waals surface area contributed by atoms with E-state index in [2.05, 4.69) is 0 Å². The maximum absolute atomic E-state index is 10.4. The monoisotopic (exact) mass is 372 g/mol. The van der Waals surface area contributed by atoms with Gasteiger partial charge in [-0.2, -0.15) is 0 Å². The van der Waals surface area contributed by atoms with Crippen LogP contribution in [0.2, 0.25) is 0 Å². The Kier molecular flexibility index (Phi) is 12.1. The fourth-order valence-electron chi connectivity index (χ4n) is 2.12. The Morgan fingerprint density at radius 2 is 1.67 bits per heavy atom. The number of allylic oxidation sites excluding steroid dienone is 6. The minimum absolute atomic E-state index is 0.0894. The molecule has 0 aliphatic carbocycles. The van der Waals surface area contributed by atoms with Crippen LogP contribution in [0.5, 0.6) is 5.75 Å². The van der Waals surface area contributed by atoms with Crippen LogP contribution in [0.3, 0.4) is 0 Å². The first-order chi connectivity index (χ1) is 13.1. The van der Waals surface area contributed by atoms with Crippen LogP contribution in [0.15, 0.2) is 78.9 Å². The lowest BCUT2D eigenvalue weighted by Crippen LogP contribution is -2.14. The highest BCUT2D eigenvalue weighted by atomic mass is 16.5. The SMILES string of the molecule is O=C(O)CCCC(O)C/C=C/C=C/C=C\C=C\C(O)COc1ccccc1. The molecule has 2 unspecified atom stereocenters. The zero-order valence-electron chi connectivity index (χ0n) is 15.4. The highest BCUT2D eigenvalue weighted by molar-refractivity contribution is 5.66. The van der Waals surface area contributed by atoms with Gasteiger partial charge in [-0.15, -0.1) is 0 Å². The molecule has 5 nitrogen and oxygen atoms in total. The van der Waals surface area contributed by atoms with Crippen molar-refractivity contribution < 1.29 is 24.9 Å². The van der Waals surface area contributed by atoms with E-state index in [0.717, 1.165) is 5.75 Å². The van der Waals surface area contributed by atoms with E-state index in [1.165, 1.54) is 0 Å². The highest BCUT2D eigenvalue weighted by Gasteiger charge is 2.03. The topological polar surface area (TPSA) is 87.0 Å². The quantitative estimate of drug-likeness (QED) is 0.460. The van der Waals surface area contributed by atoms with Gasteiger partial charge < -0.3 is 20.1 Å². The van der Waals surface area contributed by atoms with Gasteiger partial charge in [-0.05, 0) is 31.4 Å². The summed E-state index contributed by atoms with van der Waals surface area (Å²) >= 11 is 0. The molecule has 0 aromatic heterocycles. The molecule has 1 rings (SSSR count). The van der Waals surface area contributed by atoms with Crippen molar-refractivity contribution in [2.24, 2.45) is 0 Å². The summed E-state index contributed by atoms with van der Waals surface area (Å²) in [5.74, 6) is -0.111. The Labute approximate surface area is 160 Å². The lowest BCUT2D eigenvalue weighted by molar-refractivity contribution is -0.137. The van der Waals surface area contributed by atoms with E-state index in [1.54, 1.807) is 18.2 Å². The van der Waals surface area contributed by atoms with Crippen molar-refractivity contribution in [1.82, 2.24) is 0 Å². The van der Waals surface area contributed by atoms with Crippen molar-refractivity contribution in [3.05, 3.63) is 78.9 Å². The van der Waals surface area contributed by atoms with Crippen molar-refractivity contribution in [2.45, 2.75) is 37.9 Å². The summed E-state index contributed by atoms with van der Waals surface area (Å²) in [6.45, 7) is 0.196. The number of aliphatic carboxylic acids is 1. The van der Waals surface area contributed by atoms with Gasteiger partial charge in [0.05, 0.1) is 6.10 Å². The van der Waals surface area contributed by atoms with E-state index in [9.17, 15) is 15.0 Å². The minimum Gasteiger partial charge on any atom is -0.491 e. The second kappa shape index (κ2) is 14.5. The van der Waals surface area contributed by atoms with Gasteiger partial charge in [-0.25, -0.2) is 0 Å². The molecule has 1 aromatic carbocycles. The maximum atomic E-state index is 10.4. The smallest absolute Gasteiger partial charge is 0.303 e. The van der Waals surface area contributed by atoms with Crippen LogP contribution in [-0.2, 0) is 4.79 Å². The van der Waals surface area contributed by atoms with Crippen LogP contribution in [0.4, 0.5) is 0 Å². The first-order valence-electron chi connectivity index (χ1n) is 9.00. The molecule has 0 aliphatic heterocycles. The number of benzene rings is 1. The molecule has 0 fully saturated rings. The second-order valence-electron chi connectivity index (χ2n) is 5.95. The number of carboxylic acid groups (broad SMARTS) is 1. The van der Waals surface area contributed by atoms with E-state index in [4.69, 9.17) is 9.84 Å². The number of carboxylic acids is 1. The molecule has 0 amide bonds. The van der Waals surface area contributed by atoms with Crippen LogP contribution < -0.4 is 4.74 Å². The molecular weight excluding hydrogens is 344 g/mol. The molecule has 2 atom stereocenters. The van der Waals surface area contributed by atoms with Gasteiger partial charge in [0.1, 0.15) is 18.5 Å². The van der Waals surface area contributed by atoms with Crippen molar-refractivity contribution in [3.8, 4) is 5.75 Å². The lowest BCUT2D eigenvalue weighted by Gasteiger charge is -2.08. The normalized spacial score (nSPS) is 14.4. The molecule has 0 bridgehead atoms. The number of ether oxygens (including phenoxy) is 1. The number of rotatable bonds is 13. The number of aliphatic hydroxyl groups excluding tert-OH is 2. The zero-order valence-corrected chi connectivity index (χ0v) is 15.4. The number of aliphatic hydroxyl groups is 2. The van der Waals surface area contributed by atoms with Crippen molar-refractivity contribution >= 4 is 5.97 Å². The molecule has 3 N–H and O–H groups in total. The van der Waals surface area contributed by atoms with Gasteiger partial charge >= 0.3 is 5.97 Å². The maximum Gasteiger partial charge on any atom is 0.303 e. The third-order valence-electron chi connectivity index (χ3n) is 3.53. The van der Waals surface area contributed by atoms with Crippen molar-refractivity contribution in [2.75, 3.05) is 6.61 Å². The standard InChI is InChI=1S/C22H28O5/c23-19(14-11-17-22(25)26)12-7-4-2-1-3-5-8-13-20(24)18-27-21-15-9-6-10-16-21/h1-10,13,15-16,19-20,23-24H,11-12,14,17-18H2,(H,25,26)/b2-1+,5-3-,7-4+,13-8+. The predicted molar refractivity (Wildman–Crippen MR) is 107 cm³/mol. The number of hydrogen-bond donors (Lipinski definition) is 3. The molecule has 0 spiro atoms. The van der Waals surface area contributed by atoms with Gasteiger partial charge in [-0.1, -0.05) is 66.8 Å². The van der Waals surface area contributed by atoms with E-state index in [-0.39, 0.29) is 13.0 Å². The summed E-state index contributed by atoms with van der Waals surface area (Å²) in [5.41, 5.74) is 0. The fraction of sp³-hybridized carbons (Fsp3) is 0.318. The van der Waals surface area contributed by atoms with E-state index in [1.807, 2.05) is 60.7 Å². The number of hydrogen-bond acceptors (Lipinski definition) is 4. The molecule has 0 aliphatic rings. The summed E-state index contributed by atoms with van der Waals surface area (Å²) in [5, 5.41) is 28.0. The Morgan fingerprint density at radius 1 is 1.00 bits per heavy atom. The molecule has 0 heterocycles. The van der Waals surface area contributed by atoms with Gasteiger partial charge in [-0.3, -0.25) is 4.79 Å². The Hall–Kier alpha value is -2.63. The average molecular weight is 372 g/mol.